The normalized spacial score (nSPS) is 24.2. The van der Waals surface area contributed by atoms with Crippen molar-refractivity contribution in [3.8, 4) is 0 Å². The van der Waals surface area contributed by atoms with Gasteiger partial charge in [-0.3, -0.25) is 0 Å². The van der Waals surface area contributed by atoms with Crippen molar-refractivity contribution in [2.45, 2.75) is 58.1 Å². The average Bonchev–Trinajstić information content (AvgIpc) is 2.15. The number of oxime groups is 1. The van der Waals surface area contributed by atoms with Crippen LogP contribution in [0.1, 0.15) is 46.5 Å². The topological polar surface area (TPSA) is 70.9 Å². The highest BCUT2D eigenvalue weighted by molar-refractivity contribution is 5.85. The van der Waals surface area contributed by atoms with Crippen LogP contribution in [0.3, 0.4) is 0 Å². The van der Waals surface area contributed by atoms with Gasteiger partial charge in [-0.2, -0.15) is 0 Å². The van der Waals surface area contributed by atoms with Crippen LogP contribution >= 0.6 is 0 Å². The highest BCUT2D eigenvalue weighted by atomic mass is 16.6. The van der Waals surface area contributed by atoms with Crippen LogP contribution in [0.15, 0.2) is 5.16 Å². The summed E-state index contributed by atoms with van der Waals surface area (Å²) in [6.45, 7) is 5.48. The summed E-state index contributed by atoms with van der Waals surface area (Å²) in [5.74, 6) is 0. The fraction of sp³-hybridized carbons (Fsp3) is 0.818. The number of ether oxygens (including phenoxy) is 1. The number of hydrogen-bond donors (Lipinski definition) is 2. The monoisotopic (exact) mass is 228 g/mol. The first-order valence-corrected chi connectivity index (χ1v) is 5.60. The average molecular weight is 228 g/mol. The van der Waals surface area contributed by atoms with Crippen LogP contribution in [0.4, 0.5) is 4.79 Å². The molecule has 0 aromatic rings. The third-order valence-corrected chi connectivity index (χ3v) is 2.36. The van der Waals surface area contributed by atoms with E-state index in [2.05, 4.69) is 10.5 Å². The van der Waals surface area contributed by atoms with Crippen LogP contribution < -0.4 is 5.32 Å². The van der Waals surface area contributed by atoms with Crippen LogP contribution in [-0.2, 0) is 4.74 Å². The summed E-state index contributed by atoms with van der Waals surface area (Å²) >= 11 is 0. The Labute approximate surface area is 95.9 Å². The molecule has 1 unspecified atom stereocenters. The first-order valence-electron chi connectivity index (χ1n) is 5.60. The van der Waals surface area contributed by atoms with E-state index in [9.17, 15) is 4.79 Å². The maximum Gasteiger partial charge on any atom is 0.407 e. The van der Waals surface area contributed by atoms with E-state index in [0.717, 1.165) is 25.0 Å². The number of carbonyl (C=O) groups is 1. The maximum absolute atomic E-state index is 11.5. The fourth-order valence-electron chi connectivity index (χ4n) is 1.73. The van der Waals surface area contributed by atoms with E-state index in [1.165, 1.54) is 0 Å². The number of amides is 1. The molecule has 0 aromatic carbocycles. The molecule has 0 saturated heterocycles. The van der Waals surface area contributed by atoms with E-state index >= 15 is 0 Å². The molecule has 1 fully saturated rings. The summed E-state index contributed by atoms with van der Waals surface area (Å²) in [6, 6.07) is 0.0227. The van der Waals surface area contributed by atoms with Gasteiger partial charge in [0, 0.05) is 12.5 Å². The lowest BCUT2D eigenvalue weighted by molar-refractivity contribution is 0.0501. The van der Waals surface area contributed by atoms with Crippen LogP contribution in [0.5, 0.6) is 0 Å². The number of carbonyl (C=O) groups excluding carboxylic acids is 1. The molecular weight excluding hydrogens is 208 g/mol. The summed E-state index contributed by atoms with van der Waals surface area (Å²) in [6.07, 6.45) is 2.84. The minimum Gasteiger partial charge on any atom is -0.444 e. The lowest BCUT2D eigenvalue weighted by atomic mass is 9.94. The smallest absolute Gasteiger partial charge is 0.407 e. The third-order valence-electron chi connectivity index (χ3n) is 2.36. The summed E-state index contributed by atoms with van der Waals surface area (Å²) in [7, 11) is 0. The Bertz CT molecular complexity index is 281. The quantitative estimate of drug-likeness (QED) is 0.534. The zero-order chi connectivity index (χ0) is 12.2. The first kappa shape index (κ1) is 12.8. The second kappa shape index (κ2) is 5.18. The van der Waals surface area contributed by atoms with E-state index in [-0.39, 0.29) is 6.04 Å². The molecule has 0 aromatic heterocycles. The van der Waals surface area contributed by atoms with Gasteiger partial charge in [0.05, 0.1) is 5.71 Å². The van der Waals surface area contributed by atoms with Crippen LogP contribution in [0.2, 0.25) is 0 Å². The number of rotatable bonds is 1. The molecule has 5 heteroatoms. The highest BCUT2D eigenvalue weighted by Gasteiger charge is 2.23. The van der Waals surface area contributed by atoms with Crippen LogP contribution in [-0.4, -0.2) is 28.7 Å². The Morgan fingerprint density at radius 2 is 2.25 bits per heavy atom. The Kier molecular flexibility index (Phi) is 4.15. The molecular formula is C11H20N2O3. The number of nitrogens with zero attached hydrogens (tertiary/aromatic N) is 1. The van der Waals surface area contributed by atoms with Gasteiger partial charge in [0.25, 0.3) is 0 Å². The van der Waals surface area contributed by atoms with Gasteiger partial charge >= 0.3 is 6.09 Å². The summed E-state index contributed by atoms with van der Waals surface area (Å²) in [5, 5.41) is 14.7. The molecule has 92 valence electrons. The number of nitrogens with one attached hydrogen (secondary N) is 1. The van der Waals surface area contributed by atoms with Crippen molar-refractivity contribution in [3.63, 3.8) is 0 Å². The van der Waals surface area contributed by atoms with Gasteiger partial charge in [-0.15, -0.1) is 0 Å². The SMILES string of the molecule is CC(C)(C)OC(=O)NC1CCC/C(=N/O)C1. The lowest BCUT2D eigenvalue weighted by Crippen LogP contribution is -2.41. The third kappa shape index (κ3) is 4.51. The molecule has 0 bridgehead atoms. The minimum atomic E-state index is -0.480. The van der Waals surface area contributed by atoms with Crippen LogP contribution in [0, 0.1) is 0 Å². The minimum absolute atomic E-state index is 0.0227. The highest BCUT2D eigenvalue weighted by Crippen LogP contribution is 2.16. The first-order chi connectivity index (χ1) is 7.40. The second-order valence-electron chi connectivity index (χ2n) is 5.11. The van der Waals surface area contributed by atoms with E-state index in [0.29, 0.717) is 6.42 Å². The van der Waals surface area contributed by atoms with Crippen molar-refractivity contribution in [2.75, 3.05) is 0 Å². The zero-order valence-corrected chi connectivity index (χ0v) is 10.1. The predicted molar refractivity (Wildman–Crippen MR) is 60.8 cm³/mol. The lowest BCUT2D eigenvalue weighted by Gasteiger charge is -2.26. The van der Waals surface area contributed by atoms with Gasteiger partial charge in [0.1, 0.15) is 5.60 Å². The molecule has 2 N–H and O–H groups in total. The van der Waals surface area contributed by atoms with Crippen LogP contribution in [0.25, 0.3) is 0 Å². The van der Waals surface area contributed by atoms with E-state index in [1.54, 1.807) is 0 Å². The Morgan fingerprint density at radius 1 is 1.56 bits per heavy atom. The molecule has 0 aliphatic heterocycles. The molecule has 5 nitrogen and oxygen atoms in total. The molecule has 1 aliphatic rings. The standard InChI is InChI=1S/C11H20N2O3/c1-11(2,3)16-10(14)12-8-5-4-6-9(7-8)13-15/h8,15H,4-7H2,1-3H3,(H,12,14)/b13-9-. The Hall–Kier alpha value is -1.26. The number of hydrogen-bond acceptors (Lipinski definition) is 4. The van der Waals surface area contributed by atoms with Crippen molar-refractivity contribution in [1.82, 2.24) is 5.32 Å². The van der Waals surface area contributed by atoms with E-state index in [1.807, 2.05) is 20.8 Å². The maximum atomic E-state index is 11.5. The van der Waals surface area contributed by atoms with Gasteiger partial charge in [0.2, 0.25) is 0 Å². The number of alkyl carbamates (subject to hydrolysis) is 1. The van der Waals surface area contributed by atoms with Gasteiger partial charge in [0.15, 0.2) is 0 Å². The van der Waals surface area contributed by atoms with Crippen molar-refractivity contribution in [2.24, 2.45) is 5.16 Å². The van der Waals surface area contributed by atoms with Crippen molar-refractivity contribution in [1.29, 1.82) is 0 Å². The second-order valence-corrected chi connectivity index (χ2v) is 5.11. The molecule has 0 spiro atoms. The predicted octanol–water partition coefficient (Wildman–Crippen LogP) is 2.28. The summed E-state index contributed by atoms with van der Waals surface area (Å²) < 4.78 is 5.16. The summed E-state index contributed by atoms with van der Waals surface area (Å²) in [4.78, 5) is 11.5. The van der Waals surface area contributed by atoms with Crippen molar-refractivity contribution < 1.29 is 14.7 Å². The van der Waals surface area contributed by atoms with E-state index < -0.39 is 11.7 Å². The zero-order valence-electron chi connectivity index (χ0n) is 10.1. The molecule has 1 rings (SSSR count). The van der Waals surface area contributed by atoms with Crippen molar-refractivity contribution in [3.05, 3.63) is 0 Å². The molecule has 1 aliphatic carbocycles. The van der Waals surface area contributed by atoms with Crippen molar-refractivity contribution >= 4 is 11.8 Å². The summed E-state index contributed by atoms with van der Waals surface area (Å²) in [5.41, 5.74) is 0.263. The van der Waals surface area contributed by atoms with Gasteiger partial charge in [-0.25, -0.2) is 4.79 Å². The Balaban J connectivity index is 2.39. The fourth-order valence-corrected chi connectivity index (χ4v) is 1.73. The molecule has 1 atom stereocenters. The van der Waals surface area contributed by atoms with Gasteiger partial charge < -0.3 is 15.3 Å². The molecule has 1 amide bonds. The Morgan fingerprint density at radius 3 is 2.81 bits per heavy atom. The van der Waals surface area contributed by atoms with Gasteiger partial charge in [-0.1, -0.05) is 5.16 Å². The molecule has 0 radical (unpaired) electrons. The largest absolute Gasteiger partial charge is 0.444 e. The van der Waals surface area contributed by atoms with E-state index in [4.69, 9.17) is 9.94 Å². The van der Waals surface area contributed by atoms with Gasteiger partial charge in [-0.05, 0) is 40.0 Å². The molecule has 16 heavy (non-hydrogen) atoms. The molecule has 0 heterocycles. The molecule has 1 saturated carbocycles.